The van der Waals surface area contributed by atoms with E-state index in [1.807, 2.05) is 19.1 Å². The number of aromatic nitrogens is 1. The minimum atomic E-state index is -0.351. The first-order valence-electron chi connectivity index (χ1n) is 4.99. The zero-order valence-electron chi connectivity index (χ0n) is 9.40. The summed E-state index contributed by atoms with van der Waals surface area (Å²) in [5.74, 6) is 0. The van der Waals surface area contributed by atoms with Crippen molar-refractivity contribution in [2.45, 2.75) is 6.92 Å². The highest BCUT2D eigenvalue weighted by molar-refractivity contribution is 7.23. The Balaban J connectivity index is 2.55. The zero-order chi connectivity index (χ0) is 12.4. The zero-order valence-corrected chi connectivity index (χ0v) is 10.2. The van der Waals surface area contributed by atoms with Gasteiger partial charge in [0.2, 0.25) is 0 Å². The molecule has 0 atom stereocenters. The molecule has 2 rings (SSSR count). The van der Waals surface area contributed by atoms with Crippen LogP contribution in [0.25, 0.3) is 10.2 Å². The molecule has 0 saturated carbocycles. The minimum absolute atomic E-state index is 0.351. The number of amides is 2. The summed E-state index contributed by atoms with van der Waals surface area (Å²) < 4.78 is 0. The number of urea groups is 1. The number of carbonyl (C=O) groups excluding carboxylic acids is 2. The number of nitrogens with zero attached hydrogens (tertiary/aromatic N) is 1. The number of pyridine rings is 1. The van der Waals surface area contributed by atoms with E-state index in [9.17, 15) is 9.59 Å². The quantitative estimate of drug-likeness (QED) is 0.801. The van der Waals surface area contributed by atoms with Crippen molar-refractivity contribution < 1.29 is 9.59 Å². The molecule has 17 heavy (non-hydrogen) atoms. The standard InChI is InChI=1S/C11H11N3O2S/c1-6-3-4-7-8(5-15)10(14-11(16)12-2)17-9(7)13-6/h3-5H,1-2H3,(H2,12,14,16). The largest absolute Gasteiger partial charge is 0.341 e. The Labute approximate surface area is 102 Å². The molecule has 0 fully saturated rings. The van der Waals surface area contributed by atoms with Crippen LogP contribution < -0.4 is 10.6 Å². The minimum Gasteiger partial charge on any atom is -0.341 e. The van der Waals surface area contributed by atoms with Gasteiger partial charge in [0.25, 0.3) is 0 Å². The molecule has 2 heterocycles. The number of nitrogens with one attached hydrogen (secondary N) is 2. The van der Waals surface area contributed by atoms with E-state index in [2.05, 4.69) is 15.6 Å². The molecule has 88 valence electrons. The number of hydrogen-bond acceptors (Lipinski definition) is 4. The number of fused-ring (bicyclic) bond motifs is 1. The van der Waals surface area contributed by atoms with Crippen LogP contribution in [0.4, 0.5) is 9.80 Å². The van der Waals surface area contributed by atoms with Gasteiger partial charge < -0.3 is 5.32 Å². The monoisotopic (exact) mass is 249 g/mol. The van der Waals surface area contributed by atoms with Crippen molar-refractivity contribution in [3.8, 4) is 0 Å². The summed E-state index contributed by atoms with van der Waals surface area (Å²) in [5.41, 5.74) is 1.35. The first kappa shape index (κ1) is 11.5. The van der Waals surface area contributed by atoms with Gasteiger partial charge in [-0.05, 0) is 19.1 Å². The van der Waals surface area contributed by atoms with E-state index in [0.717, 1.165) is 22.2 Å². The van der Waals surface area contributed by atoms with E-state index in [1.54, 1.807) is 0 Å². The Bertz CT molecular complexity index is 592. The van der Waals surface area contributed by atoms with E-state index >= 15 is 0 Å². The van der Waals surface area contributed by atoms with E-state index < -0.39 is 0 Å². The van der Waals surface area contributed by atoms with Gasteiger partial charge in [0.05, 0.1) is 5.56 Å². The molecular formula is C11H11N3O2S. The Morgan fingerprint density at radius 3 is 2.88 bits per heavy atom. The topological polar surface area (TPSA) is 71.1 Å². The lowest BCUT2D eigenvalue weighted by Crippen LogP contribution is -2.24. The summed E-state index contributed by atoms with van der Waals surface area (Å²) in [6.07, 6.45) is 0.737. The first-order valence-corrected chi connectivity index (χ1v) is 5.81. The fourth-order valence-electron chi connectivity index (χ4n) is 1.47. The van der Waals surface area contributed by atoms with Crippen LogP contribution in [-0.2, 0) is 0 Å². The molecule has 0 bridgehead atoms. The van der Waals surface area contributed by atoms with E-state index in [4.69, 9.17) is 0 Å². The second kappa shape index (κ2) is 4.50. The predicted octanol–water partition coefficient (Wildman–Crippen LogP) is 2.17. The average molecular weight is 249 g/mol. The van der Waals surface area contributed by atoms with Crippen LogP contribution in [0.2, 0.25) is 0 Å². The lowest BCUT2D eigenvalue weighted by Gasteiger charge is -2.00. The van der Waals surface area contributed by atoms with Crippen LogP contribution in [0.3, 0.4) is 0 Å². The molecule has 5 nitrogen and oxygen atoms in total. The van der Waals surface area contributed by atoms with Crippen molar-refractivity contribution >= 4 is 38.9 Å². The third kappa shape index (κ3) is 2.12. The fourth-order valence-corrected chi connectivity index (χ4v) is 2.55. The maximum absolute atomic E-state index is 11.2. The molecule has 2 aromatic rings. The van der Waals surface area contributed by atoms with Crippen molar-refractivity contribution in [3.63, 3.8) is 0 Å². The maximum atomic E-state index is 11.2. The Morgan fingerprint density at radius 2 is 2.24 bits per heavy atom. The third-order valence-electron chi connectivity index (χ3n) is 2.31. The van der Waals surface area contributed by atoms with E-state index in [-0.39, 0.29) is 6.03 Å². The molecule has 0 aliphatic carbocycles. The van der Waals surface area contributed by atoms with E-state index in [0.29, 0.717) is 10.6 Å². The maximum Gasteiger partial charge on any atom is 0.319 e. The molecule has 0 aromatic carbocycles. The Kier molecular flexibility index (Phi) is 3.06. The second-order valence-corrected chi connectivity index (χ2v) is 4.47. The van der Waals surface area contributed by atoms with Crippen molar-refractivity contribution in [3.05, 3.63) is 23.4 Å². The predicted molar refractivity (Wildman–Crippen MR) is 67.8 cm³/mol. The molecule has 0 aliphatic heterocycles. The normalized spacial score (nSPS) is 10.2. The number of carbonyl (C=O) groups is 2. The molecule has 2 amide bonds. The number of rotatable bonds is 2. The van der Waals surface area contributed by atoms with Crippen molar-refractivity contribution in [1.82, 2.24) is 10.3 Å². The number of aryl methyl sites for hydroxylation is 1. The molecule has 0 radical (unpaired) electrons. The van der Waals surface area contributed by atoms with E-state index in [1.165, 1.54) is 18.4 Å². The molecule has 2 aromatic heterocycles. The van der Waals surface area contributed by atoms with Crippen molar-refractivity contribution in [2.75, 3.05) is 12.4 Å². The van der Waals surface area contributed by atoms with Gasteiger partial charge in [0.1, 0.15) is 9.83 Å². The molecule has 6 heteroatoms. The van der Waals surface area contributed by atoms with Gasteiger partial charge in [-0.2, -0.15) is 0 Å². The summed E-state index contributed by atoms with van der Waals surface area (Å²) in [7, 11) is 1.52. The van der Waals surface area contributed by atoms with Gasteiger partial charge in [-0.1, -0.05) is 11.3 Å². The van der Waals surface area contributed by atoms with Crippen LogP contribution in [0.15, 0.2) is 12.1 Å². The van der Waals surface area contributed by atoms with Crippen LogP contribution in [0.5, 0.6) is 0 Å². The van der Waals surface area contributed by atoms with Gasteiger partial charge in [0, 0.05) is 18.1 Å². The second-order valence-electron chi connectivity index (χ2n) is 3.47. The average Bonchev–Trinajstić information content (AvgIpc) is 2.64. The molecule has 0 unspecified atom stereocenters. The highest BCUT2D eigenvalue weighted by Gasteiger charge is 2.14. The summed E-state index contributed by atoms with van der Waals surface area (Å²) >= 11 is 1.29. The third-order valence-corrected chi connectivity index (χ3v) is 3.34. The van der Waals surface area contributed by atoms with Crippen LogP contribution in [0.1, 0.15) is 16.1 Å². The fraction of sp³-hybridized carbons (Fsp3) is 0.182. The lowest BCUT2D eigenvalue weighted by atomic mass is 10.2. The van der Waals surface area contributed by atoms with Crippen molar-refractivity contribution in [2.24, 2.45) is 0 Å². The van der Waals surface area contributed by atoms with Crippen LogP contribution in [0, 0.1) is 6.92 Å². The number of anilines is 1. The molecule has 0 aliphatic rings. The molecular weight excluding hydrogens is 238 g/mol. The highest BCUT2D eigenvalue weighted by atomic mass is 32.1. The Morgan fingerprint density at radius 1 is 1.47 bits per heavy atom. The van der Waals surface area contributed by atoms with Crippen molar-refractivity contribution in [1.29, 1.82) is 0 Å². The summed E-state index contributed by atoms with van der Waals surface area (Å²) in [5, 5.41) is 6.34. The summed E-state index contributed by atoms with van der Waals surface area (Å²) in [6.45, 7) is 1.88. The lowest BCUT2D eigenvalue weighted by molar-refractivity contribution is 0.112. The van der Waals surface area contributed by atoms with Gasteiger partial charge in [-0.3, -0.25) is 10.1 Å². The highest BCUT2D eigenvalue weighted by Crippen LogP contribution is 2.33. The van der Waals surface area contributed by atoms with Gasteiger partial charge in [-0.25, -0.2) is 9.78 Å². The van der Waals surface area contributed by atoms with Crippen LogP contribution in [-0.4, -0.2) is 24.3 Å². The van der Waals surface area contributed by atoms with Gasteiger partial charge in [0.15, 0.2) is 6.29 Å². The Hall–Kier alpha value is -1.95. The number of thiophene rings is 1. The summed E-state index contributed by atoms with van der Waals surface area (Å²) in [6, 6.07) is 3.33. The SMILES string of the molecule is CNC(=O)Nc1sc2nc(C)ccc2c1C=O. The van der Waals surface area contributed by atoms with Gasteiger partial charge >= 0.3 is 6.03 Å². The molecule has 0 spiro atoms. The smallest absolute Gasteiger partial charge is 0.319 e. The number of hydrogen-bond donors (Lipinski definition) is 2. The first-order chi connectivity index (χ1) is 8.15. The number of aldehydes is 1. The summed E-state index contributed by atoms with van der Waals surface area (Å²) in [4.78, 5) is 27.4. The molecule has 0 saturated heterocycles. The molecule has 2 N–H and O–H groups in total. The van der Waals surface area contributed by atoms with Gasteiger partial charge in [-0.15, -0.1) is 0 Å². The van der Waals surface area contributed by atoms with Crippen LogP contribution >= 0.6 is 11.3 Å².